The largest absolute Gasteiger partial charge is 0.302 e. The molecular formula is C12H14N4. The fourth-order valence-electron chi connectivity index (χ4n) is 1.40. The Bertz CT molecular complexity index is 416. The molecule has 82 valence electrons. The second-order valence-corrected chi connectivity index (χ2v) is 3.52. The van der Waals surface area contributed by atoms with Crippen LogP contribution in [0.2, 0.25) is 0 Å². The van der Waals surface area contributed by atoms with Gasteiger partial charge in [0, 0.05) is 24.6 Å². The van der Waals surface area contributed by atoms with Gasteiger partial charge in [-0.1, -0.05) is 6.07 Å². The lowest BCUT2D eigenvalue weighted by molar-refractivity contribution is 0.547. The van der Waals surface area contributed by atoms with Crippen LogP contribution < -0.4 is 5.32 Å². The molecule has 0 unspecified atom stereocenters. The third kappa shape index (κ3) is 2.84. The molecule has 4 nitrogen and oxygen atoms in total. The first kappa shape index (κ1) is 10.7. The standard InChI is InChI=1S/C12H14N4/c1-10(11-5-2-3-6-13-11)16-9-12-14-7-4-8-15-12/h2-8,10,16H,9H2,1H3/t10-/m0/s1. The van der Waals surface area contributed by atoms with Gasteiger partial charge < -0.3 is 5.32 Å². The number of hydrogen-bond acceptors (Lipinski definition) is 4. The van der Waals surface area contributed by atoms with Crippen molar-refractivity contribution in [1.29, 1.82) is 0 Å². The summed E-state index contributed by atoms with van der Waals surface area (Å²) >= 11 is 0. The molecule has 2 rings (SSSR count). The average molecular weight is 214 g/mol. The van der Waals surface area contributed by atoms with E-state index in [1.165, 1.54) is 0 Å². The van der Waals surface area contributed by atoms with Crippen molar-refractivity contribution < 1.29 is 0 Å². The highest BCUT2D eigenvalue weighted by atomic mass is 15.0. The van der Waals surface area contributed by atoms with Gasteiger partial charge in [-0.25, -0.2) is 9.97 Å². The fourth-order valence-corrected chi connectivity index (χ4v) is 1.40. The van der Waals surface area contributed by atoms with E-state index in [1.54, 1.807) is 18.6 Å². The van der Waals surface area contributed by atoms with Crippen LogP contribution in [-0.2, 0) is 6.54 Å². The molecular weight excluding hydrogens is 200 g/mol. The molecule has 0 aliphatic carbocycles. The van der Waals surface area contributed by atoms with Crippen molar-refractivity contribution in [3.8, 4) is 0 Å². The number of hydrogen-bond donors (Lipinski definition) is 1. The van der Waals surface area contributed by atoms with E-state index < -0.39 is 0 Å². The van der Waals surface area contributed by atoms with Gasteiger partial charge in [-0.15, -0.1) is 0 Å². The first-order valence-corrected chi connectivity index (χ1v) is 5.26. The second-order valence-electron chi connectivity index (χ2n) is 3.52. The lowest BCUT2D eigenvalue weighted by Crippen LogP contribution is -2.20. The van der Waals surface area contributed by atoms with Crippen molar-refractivity contribution >= 4 is 0 Å². The smallest absolute Gasteiger partial charge is 0.141 e. The van der Waals surface area contributed by atoms with E-state index in [0.29, 0.717) is 6.54 Å². The highest BCUT2D eigenvalue weighted by Crippen LogP contribution is 2.07. The summed E-state index contributed by atoms with van der Waals surface area (Å²) in [5, 5.41) is 3.33. The maximum absolute atomic E-state index is 4.29. The van der Waals surface area contributed by atoms with Crippen LogP contribution in [0, 0.1) is 0 Å². The van der Waals surface area contributed by atoms with Crippen LogP contribution >= 0.6 is 0 Å². The van der Waals surface area contributed by atoms with Gasteiger partial charge in [0.15, 0.2) is 0 Å². The average Bonchev–Trinajstić information content (AvgIpc) is 2.38. The van der Waals surface area contributed by atoms with E-state index in [-0.39, 0.29) is 6.04 Å². The Hall–Kier alpha value is -1.81. The van der Waals surface area contributed by atoms with Crippen molar-refractivity contribution in [3.63, 3.8) is 0 Å². The molecule has 16 heavy (non-hydrogen) atoms. The maximum Gasteiger partial charge on any atom is 0.141 e. The molecule has 2 aromatic heterocycles. The molecule has 0 aromatic carbocycles. The van der Waals surface area contributed by atoms with Gasteiger partial charge in [0.05, 0.1) is 12.2 Å². The molecule has 0 radical (unpaired) electrons. The first-order valence-electron chi connectivity index (χ1n) is 5.26. The van der Waals surface area contributed by atoms with Gasteiger partial charge in [-0.05, 0) is 25.1 Å². The maximum atomic E-state index is 4.29. The normalized spacial score (nSPS) is 12.3. The van der Waals surface area contributed by atoms with Crippen molar-refractivity contribution in [2.75, 3.05) is 0 Å². The number of rotatable bonds is 4. The first-order chi connectivity index (χ1) is 7.86. The highest BCUT2D eigenvalue weighted by molar-refractivity contribution is 5.07. The van der Waals surface area contributed by atoms with E-state index >= 15 is 0 Å². The Morgan fingerprint density at radius 2 is 1.81 bits per heavy atom. The van der Waals surface area contributed by atoms with Gasteiger partial charge in [0.1, 0.15) is 5.82 Å². The van der Waals surface area contributed by atoms with E-state index in [2.05, 4.69) is 27.2 Å². The van der Waals surface area contributed by atoms with Gasteiger partial charge in [0.2, 0.25) is 0 Å². The molecule has 0 saturated carbocycles. The Morgan fingerprint density at radius 3 is 2.50 bits per heavy atom. The second kappa shape index (κ2) is 5.32. The van der Waals surface area contributed by atoms with Crippen LogP contribution in [0.1, 0.15) is 24.5 Å². The van der Waals surface area contributed by atoms with Crippen LogP contribution in [0.15, 0.2) is 42.9 Å². The monoisotopic (exact) mass is 214 g/mol. The topological polar surface area (TPSA) is 50.7 Å². The zero-order valence-electron chi connectivity index (χ0n) is 9.17. The van der Waals surface area contributed by atoms with Crippen LogP contribution in [0.25, 0.3) is 0 Å². The molecule has 0 amide bonds. The van der Waals surface area contributed by atoms with Crippen LogP contribution in [0.4, 0.5) is 0 Å². The molecule has 0 aliphatic rings. The minimum absolute atomic E-state index is 0.199. The fraction of sp³-hybridized carbons (Fsp3) is 0.250. The molecule has 0 spiro atoms. The number of pyridine rings is 1. The minimum atomic E-state index is 0.199. The summed E-state index contributed by atoms with van der Waals surface area (Å²) in [6.45, 7) is 2.73. The molecule has 0 fully saturated rings. The summed E-state index contributed by atoms with van der Waals surface area (Å²) in [5.74, 6) is 0.797. The minimum Gasteiger partial charge on any atom is -0.302 e. The zero-order chi connectivity index (χ0) is 11.2. The zero-order valence-corrected chi connectivity index (χ0v) is 9.17. The van der Waals surface area contributed by atoms with E-state index in [1.807, 2.05) is 24.3 Å². The molecule has 2 aromatic rings. The van der Waals surface area contributed by atoms with Crippen molar-refractivity contribution in [2.24, 2.45) is 0 Å². The molecule has 0 aliphatic heterocycles. The molecule has 1 atom stereocenters. The Kier molecular flexibility index (Phi) is 3.56. The summed E-state index contributed by atoms with van der Waals surface area (Å²) in [4.78, 5) is 12.6. The van der Waals surface area contributed by atoms with Crippen molar-refractivity contribution in [1.82, 2.24) is 20.3 Å². The number of nitrogens with zero attached hydrogens (tertiary/aromatic N) is 3. The SMILES string of the molecule is C[C@H](NCc1ncccn1)c1ccccn1. The Balaban J connectivity index is 1.92. The Labute approximate surface area is 94.8 Å². The summed E-state index contributed by atoms with van der Waals surface area (Å²) in [5.41, 5.74) is 1.03. The summed E-state index contributed by atoms with van der Waals surface area (Å²) in [6, 6.07) is 7.91. The lowest BCUT2D eigenvalue weighted by Gasteiger charge is -2.11. The number of nitrogens with one attached hydrogen (secondary N) is 1. The predicted octanol–water partition coefficient (Wildman–Crippen LogP) is 1.72. The summed E-state index contributed by atoms with van der Waals surface area (Å²) < 4.78 is 0. The quantitative estimate of drug-likeness (QED) is 0.842. The van der Waals surface area contributed by atoms with Crippen LogP contribution in [0.3, 0.4) is 0 Å². The predicted molar refractivity (Wildman–Crippen MR) is 61.5 cm³/mol. The molecule has 1 N–H and O–H groups in total. The molecule has 0 saturated heterocycles. The third-order valence-electron chi connectivity index (χ3n) is 2.32. The van der Waals surface area contributed by atoms with Crippen molar-refractivity contribution in [3.05, 3.63) is 54.4 Å². The van der Waals surface area contributed by atoms with Gasteiger partial charge in [0.25, 0.3) is 0 Å². The van der Waals surface area contributed by atoms with E-state index in [9.17, 15) is 0 Å². The van der Waals surface area contributed by atoms with Crippen LogP contribution in [0.5, 0.6) is 0 Å². The molecule has 4 heteroatoms. The summed E-state index contributed by atoms with van der Waals surface area (Å²) in [6.07, 6.45) is 5.29. The number of aromatic nitrogens is 3. The highest BCUT2D eigenvalue weighted by Gasteiger charge is 2.05. The van der Waals surface area contributed by atoms with E-state index in [0.717, 1.165) is 11.5 Å². The van der Waals surface area contributed by atoms with E-state index in [4.69, 9.17) is 0 Å². The van der Waals surface area contributed by atoms with Gasteiger partial charge in [-0.3, -0.25) is 4.98 Å². The van der Waals surface area contributed by atoms with Gasteiger partial charge >= 0.3 is 0 Å². The van der Waals surface area contributed by atoms with Gasteiger partial charge in [-0.2, -0.15) is 0 Å². The summed E-state index contributed by atoms with van der Waals surface area (Å²) in [7, 11) is 0. The molecule has 0 bridgehead atoms. The van der Waals surface area contributed by atoms with Crippen LogP contribution in [-0.4, -0.2) is 15.0 Å². The third-order valence-corrected chi connectivity index (χ3v) is 2.32. The Morgan fingerprint density at radius 1 is 1.06 bits per heavy atom. The molecule has 2 heterocycles. The van der Waals surface area contributed by atoms with Crippen molar-refractivity contribution in [2.45, 2.75) is 19.5 Å². The lowest BCUT2D eigenvalue weighted by atomic mass is 10.2.